The highest BCUT2D eigenvalue weighted by atomic mass is 16.1. The highest BCUT2D eigenvalue weighted by molar-refractivity contribution is 5.44. The summed E-state index contributed by atoms with van der Waals surface area (Å²) in [6.45, 7) is 19.1. The molecule has 0 N–H and O–H groups in total. The second kappa shape index (κ2) is 18.1. The van der Waals surface area contributed by atoms with Crippen molar-refractivity contribution in [2.75, 3.05) is 0 Å². The lowest BCUT2D eigenvalue weighted by Crippen LogP contribution is -1.98. The van der Waals surface area contributed by atoms with Crippen molar-refractivity contribution in [3.05, 3.63) is 23.8 Å². The fourth-order valence-corrected chi connectivity index (χ4v) is 1.19. The van der Waals surface area contributed by atoms with Gasteiger partial charge in [0, 0.05) is 0 Å². The first-order valence-electron chi connectivity index (χ1n) is 7.90. The molecule has 0 amide bonds. The van der Waals surface area contributed by atoms with Crippen LogP contribution >= 0.6 is 0 Å². The number of carbonyl (C=O) groups excluding carboxylic acids is 1. The van der Waals surface area contributed by atoms with Crippen molar-refractivity contribution in [3.63, 3.8) is 0 Å². The summed E-state index contributed by atoms with van der Waals surface area (Å²) in [7, 11) is 0. The van der Waals surface area contributed by atoms with Gasteiger partial charge in [-0.3, -0.25) is 0 Å². The van der Waals surface area contributed by atoms with Gasteiger partial charge in [-0.2, -0.15) is 0 Å². The summed E-state index contributed by atoms with van der Waals surface area (Å²) >= 11 is 0. The minimum absolute atomic E-state index is 0.736. The summed E-state index contributed by atoms with van der Waals surface area (Å²) < 4.78 is 0. The molecule has 0 spiro atoms. The van der Waals surface area contributed by atoms with Crippen LogP contribution in [0.2, 0.25) is 0 Å². The van der Waals surface area contributed by atoms with Crippen molar-refractivity contribution in [1.82, 2.24) is 0 Å². The van der Waals surface area contributed by atoms with Crippen LogP contribution in [0, 0.1) is 17.8 Å². The van der Waals surface area contributed by atoms with E-state index in [0.717, 1.165) is 24.0 Å². The molecule has 0 heterocycles. The van der Waals surface area contributed by atoms with Gasteiger partial charge in [0.15, 0.2) is 0 Å². The molecule has 0 aromatic rings. The SMILES string of the molecule is C/C=C(\C)CCC(C)C.C/C=C\C(C)C(C)C.CC=O. The van der Waals surface area contributed by atoms with Crippen molar-refractivity contribution < 1.29 is 4.79 Å². The summed E-state index contributed by atoms with van der Waals surface area (Å²) in [5.41, 5.74) is 1.52. The van der Waals surface area contributed by atoms with E-state index in [1.165, 1.54) is 25.3 Å². The molecule has 0 rings (SSSR count). The molecule has 20 heavy (non-hydrogen) atoms. The average Bonchev–Trinajstić information content (AvgIpc) is 2.37. The minimum Gasteiger partial charge on any atom is -0.304 e. The monoisotopic (exact) mass is 282 g/mol. The Balaban J connectivity index is -0.000000243. The predicted molar refractivity (Wildman–Crippen MR) is 94.1 cm³/mol. The zero-order valence-electron chi connectivity index (χ0n) is 15.4. The van der Waals surface area contributed by atoms with Crippen LogP contribution in [0.25, 0.3) is 0 Å². The van der Waals surface area contributed by atoms with Crippen molar-refractivity contribution >= 4 is 6.29 Å². The van der Waals surface area contributed by atoms with Gasteiger partial charge >= 0.3 is 0 Å². The number of carbonyl (C=O) groups is 1. The maximum absolute atomic E-state index is 8.81. The Bertz CT molecular complexity index is 246. The van der Waals surface area contributed by atoms with Crippen molar-refractivity contribution in [2.45, 2.75) is 75.2 Å². The molecule has 0 fully saturated rings. The smallest absolute Gasteiger partial charge is 0.116 e. The first-order valence-corrected chi connectivity index (χ1v) is 7.90. The zero-order chi connectivity index (χ0) is 16.6. The van der Waals surface area contributed by atoms with Crippen LogP contribution in [0.5, 0.6) is 0 Å². The lowest BCUT2D eigenvalue weighted by Gasteiger charge is -2.08. The topological polar surface area (TPSA) is 17.1 Å². The highest BCUT2D eigenvalue weighted by Gasteiger charge is 1.99. The molecule has 0 bridgehead atoms. The van der Waals surface area contributed by atoms with Gasteiger partial charge in [0.1, 0.15) is 6.29 Å². The molecule has 120 valence electrons. The fourth-order valence-electron chi connectivity index (χ4n) is 1.19. The Morgan fingerprint density at radius 1 is 1.00 bits per heavy atom. The van der Waals surface area contributed by atoms with Gasteiger partial charge in [-0.15, -0.1) is 0 Å². The van der Waals surface area contributed by atoms with E-state index in [1.54, 1.807) is 0 Å². The largest absolute Gasteiger partial charge is 0.304 e. The molecule has 1 heteroatoms. The standard InChI is InChI=1S/C9H18.C8H16.C2H4O/c1-5-9(4)7-6-8(2)3;1-5-6-8(4)7(2)3;1-2-3/h5,8H,6-7H2,1-4H3;5-8H,1-4H3;2H,1H3/b9-5+;6-5-;. The van der Waals surface area contributed by atoms with E-state index in [2.05, 4.69) is 73.6 Å². The van der Waals surface area contributed by atoms with Crippen LogP contribution < -0.4 is 0 Å². The lowest BCUT2D eigenvalue weighted by molar-refractivity contribution is -0.106. The van der Waals surface area contributed by atoms with Crippen LogP contribution in [0.4, 0.5) is 0 Å². The molecule has 1 unspecified atom stereocenters. The minimum atomic E-state index is 0.736. The third kappa shape index (κ3) is 25.9. The summed E-state index contributed by atoms with van der Waals surface area (Å²) in [6, 6.07) is 0. The molecule has 0 radical (unpaired) electrons. The van der Waals surface area contributed by atoms with Crippen molar-refractivity contribution in [1.29, 1.82) is 0 Å². The second-order valence-electron chi connectivity index (χ2n) is 5.93. The maximum Gasteiger partial charge on any atom is 0.116 e. The zero-order valence-corrected chi connectivity index (χ0v) is 15.4. The molecule has 0 aromatic carbocycles. The van der Waals surface area contributed by atoms with Crippen molar-refractivity contribution in [3.8, 4) is 0 Å². The van der Waals surface area contributed by atoms with Crippen LogP contribution in [-0.4, -0.2) is 6.29 Å². The maximum atomic E-state index is 8.81. The average molecular weight is 283 g/mol. The Morgan fingerprint density at radius 3 is 1.65 bits per heavy atom. The Labute approximate surface area is 128 Å². The van der Waals surface area contributed by atoms with Gasteiger partial charge in [0.25, 0.3) is 0 Å². The number of hydrogen-bond acceptors (Lipinski definition) is 1. The van der Waals surface area contributed by atoms with Gasteiger partial charge in [0.2, 0.25) is 0 Å². The molecular weight excluding hydrogens is 244 g/mol. The number of aldehydes is 1. The third-order valence-electron chi connectivity index (χ3n) is 3.16. The Morgan fingerprint density at radius 2 is 1.45 bits per heavy atom. The van der Waals surface area contributed by atoms with Gasteiger partial charge in [-0.1, -0.05) is 58.4 Å². The summed E-state index contributed by atoms with van der Waals surface area (Å²) in [6.07, 6.45) is 9.90. The summed E-state index contributed by atoms with van der Waals surface area (Å²) in [4.78, 5) is 8.81. The molecule has 0 saturated heterocycles. The van der Waals surface area contributed by atoms with E-state index in [9.17, 15) is 0 Å². The van der Waals surface area contributed by atoms with Crippen molar-refractivity contribution in [2.24, 2.45) is 17.8 Å². The lowest BCUT2D eigenvalue weighted by atomic mass is 9.98. The van der Waals surface area contributed by atoms with Gasteiger partial charge in [-0.25, -0.2) is 0 Å². The van der Waals surface area contributed by atoms with Crippen LogP contribution in [-0.2, 0) is 4.79 Å². The predicted octanol–water partition coefficient (Wildman–Crippen LogP) is 6.45. The molecule has 0 aromatic heterocycles. The van der Waals surface area contributed by atoms with Gasteiger partial charge < -0.3 is 4.79 Å². The normalized spacial score (nSPS) is 12.7. The number of rotatable bonds is 5. The van der Waals surface area contributed by atoms with E-state index < -0.39 is 0 Å². The Kier molecular flexibility index (Phi) is 21.9. The van der Waals surface area contributed by atoms with Crippen LogP contribution in [0.15, 0.2) is 23.8 Å². The molecule has 0 saturated carbocycles. The van der Waals surface area contributed by atoms with E-state index in [4.69, 9.17) is 4.79 Å². The Hall–Kier alpha value is -0.850. The van der Waals surface area contributed by atoms with E-state index in [-0.39, 0.29) is 0 Å². The highest BCUT2D eigenvalue weighted by Crippen LogP contribution is 2.10. The summed E-state index contributed by atoms with van der Waals surface area (Å²) in [5, 5.41) is 0. The number of allylic oxidation sites excluding steroid dienone is 4. The molecule has 0 aliphatic heterocycles. The van der Waals surface area contributed by atoms with E-state index >= 15 is 0 Å². The number of hydrogen-bond donors (Lipinski definition) is 0. The van der Waals surface area contributed by atoms with E-state index in [1.807, 2.05) is 0 Å². The molecule has 1 nitrogen and oxygen atoms in total. The first-order chi connectivity index (χ1) is 9.26. The van der Waals surface area contributed by atoms with Crippen LogP contribution in [0.3, 0.4) is 0 Å². The molecular formula is C19H38O. The fraction of sp³-hybridized carbons (Fsp3) is 0.737. The molecule has 0 aliphatic carbocycles. The van der Waals surface area contributed by atoms with Gasteiger partial charge in [0.05, 0.1) is 0 Å². The van der Waals surface area contributed by atoms with E-state index in [0.29, 0.717) is 0 Å². The third-order valence-corrected chi connectivity index (χ3v) is 3.16. The molecule has 1 atom stereocenters. The molecule has 0 aliphatic rings. The quantitative estimate of drug-likeness (QED) is 0.418. The first kappa shape index (κ1) is 24.2. The van der Waals surface area contributed by atoms with Crippen LogP contribution in [0.1, 0.15) is 75.2 Å². The summed E-state index contributed by atoms with van der Waals surface area (Å²) in [5.74, 6) is 2.37. The second-order valence-corrected chi connectivity index (χ2v) is 5.93. The van der Waals surface area contributed by atoms with Gasteiger partial charge in [-0.05, 0) is 58.3 Å².